The Morgan fingerprint density at radius 2 is 2.55 bits per heavy atom. The van der Waals surface area contributed by atoms with Crippen molar-refractivity contribution < 1.29 is 4.79 Å². The second-order valence-electron chi connectivity index (χ2n) is 5.87. The Kier molecular flexibility index (Phi) is 4.38. The number of carbonyl (C=O) groups excluding carboxylic acids is 1. The lowest BCUT2D eigenvalue weighted by molar-refractivity contribution is -0.124. The molecule has 3 heterocycles. The van der Waals surface area contributed by atoms with Crippen molar-refractivity contribution in [3.63, 3.8) is 0 Å². The number of fused-ring (bicyclic) bond motifs is 1. The molecule has 1 amide bonds. The van der Waals surface area contributed by atoms with Gasteiger partial charge < -0.3 is 10.6 Å². The van der Waals surface area contributed by atoms with Crippen molar-refractivity contribution in [2.24, 2.45) is 5.92 Å². The fraction of sp³-hybridized carbons (Fsp3) is 0.667. The average molecular weight is 293 g/mol. The van der Waals surface area contributed by atoms with E-state index < -0.39 is 0 Å². The van der Waals surface area contributed by atoms with Gasteiger partial charge >= 0.3 is 0 Å². The zero-order chi connectivity index (χ0) is 13.9. The van der Waals surface area contributed by atoms with E-state index in [1.54, 1.807) is 0 Å². The molecule has 2 atom stereocenters. The molecule has 2 aliphatic heterocycles. The SMILES string of the molecule is CC(CNC(=O)C1CCNC1)N1CCc2sccc2C1. The summed E-state index contributed by atoms with van der Waals surface area (Å²) in [5.41, 5.74) is 1.47. The highest BCUT2D eigenvalue weighted by molar-refractivity contribution is 7.10. The Hall–Kier alpha value is -0.910. The lowest BCUT2D eigenvalue weighted by atomic mass is 10.1. The van der Waals surface area contributed by atoms with Crippen molar-refractivity contribution in [2.45, 2.75) is 32.4 Å². The van der Waals surface area contributed by atoms with Gasteiger partial charge in [-0.3, -0.25) is 9.69 Å². The first-order chi connectivity index (χ1) is 9.74. The Morgan fingerprint density at radius 3 is 3.35 bits per heavy atom. The zero-order valence-corrected chi connectivity index (χ0v) is 12.8. The van der Waals surface area contributed by atoms with Crippen LogP contribution in [-0.4, -0.2) is 43.0 Å². The van der Waals surface area contributed by atoms with Gasteiger partial charge in [-0.1, -0.05) is 0 Å². The Balaban J connectivity index is 1.47. The maximum atomic E-state index is 12.0. The van der Waals surface area contributed by atoms with Gasteiger partial charge in [-0.2, -0.15) is 0 Å². The van der Waals surface area contributed by atoms with Crippen LogP contribution in [0.2, 0.25) is 0 Å². The quantitative estimate of drug-likeness (QED) is 0.877. The Labute approximate surface area is 124 Å². The number of hydrogen-bond donors (Lipinski definition) is 2. The summed E-state index contributed by atoms with van der Waals surface area (Å²) in [4.78, 5) is 16.0. The number of nitrogens with one attached hydrogen (secondary N) is 2. The number of amides is 1. The first-order valence-electron chi connectivity index (χ1n) is 7.52. The summed E-state index contributed by atoms with van der Waals surface area (Å²) >= 11 is 1.87. The Morgan fingerprint density at radius 1 is 1.65 bits per heavy atom. The van der Waals surface area contributed by atoms with E-state index in [2.05, 4.69) is 33.9 Å². The maximum Gasteiger partial charge on any atom is 0.224 e. The molecule has 3 rings (SSSR count). The van der Waals surface area contributed by atoms with Gasteiger partial charge in [0.1, 0.15) is 0 Å². The predicted octanol–water partition coefficient (Wildman–Crippen LogP) is 1.22. The Bertz CT molecular complexity index is 467. The van der Waals surface area contributed by atoms with E-state index in [9.17, 15) is 4.79 Å². The third kappa shape index (κ3) is 3.05. The first-order valence-corrected chi connectivity index (χ1v) is 8.39. The maximum absolute atomic E-state index is 12.0. The molecule has 5 heteroatoms. The van der Waals surface area contributed by atoms with E-state index in [4.69, 9.17) is 0 Å². The van der Waals surface area contributed by atoms with Crippen molar-refractivity contribution in [3.05, 3.63) is 21.9 Å². The zero-order valence-electron chi connectivity index (χ0n) is 12.0. The molecular formula is C15H23N3OS. The smallest absolute Gasteiger partial charge is 0.224 e. The molecule has 0 saturated carbocycles. The van der Waals surface area contributed by atoms with Crippen LogP contribution in [0.1, 0.15) is 23.8 Å². The first kappa shape index (κ1) is 14.0. The monoisotopic (exact) mass is 293 g/mol. The highest BCUT2D eigenvalue weighted by Gasteiger charge is 2.25. The molecular weight excluding hydrogens is 270 g/mol. The minimum atomic E-state index is 0.173. The molecule has 2 aliphatic rings. The van der Waals surface area contributed by atoms with Gasteiger partial charge in [-0.25, -0.2) is 0 Å². The third-order valence-corrected chi connectivity index (χ3v) is 5.49. The van der Waals surface area contributed by atoms with Crippen molar-refractivity contribution in [1.29, 1.82) is 0 Å². The molecule has 0 spiro atoms. The number of hydrogen-bond acceptors (Lipinski definition) is 4. The largest absolute Gasteiger partial charge is 0.354 e. The highest BCUT2D eigenvalue weighted by Crippen LogP contribution is 2.24. The van der Waals surface area contributed by atoms with E-state index in [0.29, 0.717) is 6.04 Å². The molecule has 0 aliphatic carbocycles. The van der Waals surface area contributed by atoms with E-state index in [-0.39, 0.29) is 11.8 Å². The summed E-state index contributed by atoms with van der Waals surface area (Å²) in [5, 5.41) is 8.55. The van der Waals surface area contributed by atoms with Crippen LogP contribution in [0.4, 0.5) is 0 Å². The van der Waals surface area contributed by atoms with Crippen molar-refractivity contribution >= 4 is 17.2 Å². The molecule has 1 saturated heterocycles. The van der Waals surface area contributed by atoms with Crippen LogP contribution in [-0.2, 0) is 17.8 Å². The van der Waals surface area contributed by atoms with Gasteiger partial charge in [0.2, 0.25) is 5.91 Å². The van der Waals surface area contributed by atoms with Gasteiger partial charge in [-0.05, 0) is 43.3 Å². The van der Waals surface area contributed by atoms with Gasteiger partial charge in [0.05, 0.1) is 5.92 Å². The number of carbonyl (C=O) groups is 1. The highest BCUT2D eigenvalue weighted by atomic mass is 32.1. The summed E-state index contributed by atoms with van der Waals surface area (Å²) in [6.07, 6.45) is 2.13. The molecule has 4 nitrogen and oxygen atoms in total. The second-order valence-corrected chi connectivity index (χ2v) is 6.87. The summed E-state index contributed by atoms with van der Waals surface area (Å²) in [6, 6.07) is 2.64. The molecule has 2 unspecified atom stereocenters. The molecule has 0 radical (unpaired) electrons. The molecule has 0 aromatic carbocycles. The average Bonchev–Trinajstić information content (AvgIpc) is 3.13. The lowest BCUT2D eigenvalue weighted by Crippen LogP contribution is -2.45. The van der Waals surface area contributed by atoms with Crippen LogP contribution >= 0.6 is 11.3 Å². The fourth-order valence-electron chi connectivity index (χ4n) is 3.05. The normalized spacial score (nSPS) is 24.4. The van der Waals surface area contributed by atoms with Crippen molar-refractivity contribution in [3.8, 4) is 0 Å². The van der Waals surface area contributed by atoms with Gasteiger partial charge in [0.25, 0.3) is 0 Å². The third-order valence-electron chi connectivity index (χ3n) is 4.46. The van der Waals surface area contributed by atoms with Crippen molar-refractivity contribution in [1.82, 2.24) is 15.5 Å². The van der Waals surface area contributed by atoms with Gasteiger partial charge in [0.15, 0.2) is 0 Å². The minimum Gasteiger partial charge on any atom is -0.354 e. The predicted molar refractivity (Wildman–Crippen MR) is 81.9 cm³/mol. The van der Waals surface area contributed by atoms with E-state index in [0.717, 1.165) is 45.6 Å². The van der Waals surface area contributed by atoms with Crippen LogP contribution < -0.4 is 10.6 Å². The summed E-state index contributed by atoms with van der Waals surface area (Å²) < 4.78 is 0. The van der Waals surface area contributed by atoms with Gasteiger partial charge in [-0.15, -0.1) is 11.3 Å². The fourth-order valence-corrected chi connectivity index (χ4v) is 3.94. The van der Waals surface area contributed by atoms with Crippen LogP contribution in [0, 0.1) is 5.92 Å². The summed E-state index contributed by atoms with van der Waals surface area (Å²) in [7, 11) is 0. The van der Waals surface area contributed by atoms with Crippen molar-refractivity contribution in [2.75, 3.05) is 26.2 Å². The molecule has 20 heavy (non-hydrogen) atoms. The lowest BCUT2D eigenvalue weighted by Gasteiger charge is -2.32. The minimum absolute atomic E-state index is 0.173. The molecule has 1 aromatic heterocycles. The molecule has 2 N–H and O–H groups in total. The van der Waals surface area contributed by atoms with E-state index in [1.165, 1.54) is 10.4 Å². The standard InChI is InChI=1S/C15H23N3OS/c1-11(8-17-15(19)12-2-5-16-9-12)18-6-3-14-13(10-18)4-7-20-14/h4,7,11-12,16H,2-3,5-6,8-10H2,1H3,(H,17,19). The summed E-state index contributed by atoms with van der Waals surface area (Å²) in [5.74, 6) is 0.391. The van der Waals surface area contributed by atoms with Crippen LogP contribution in [0.5, 0.6) is 0 Å². The van der Waals surface area contributed by atoms with Crippen LogP contribution in [0.3, 0.4) is 0 Å². The molecule has 0 bridgehead atoms. The number of thiophene rings is 1. The molecule has 1 aromatic rings. The molecule has 110 valence electrons. The van der Waals surface area contributed by atoms with E-state index >= 15 is 0 Å². The molecule has 1 fully saturated rings. The topological polar surface area (TPSA) is 44.4 Å². The van der Waals surface area contributed by atoms with Crippen LogP contribution in [0.25, 0.3) is 0 Å². The van der Waals surface area contributed by atoms with E-state index in [1.807, 2.05) is 11.3 Å². The number of rotatable bonds is 4. The summed E-state index contributed by atoms with van der Waals surface area (Å²) in [6.45, 7) is 6.92. The second kappa shape index (κ2) is 6.24. The number of nitrogens with zero attached hydrogens (tertiary/aromatic N) is 1. The van der Waals surface area contributed by atoms with Gasteiger partial charge in [0, 0.05) is 37.1 Å². The van der Waals surface area contributed by atoms with Crippen LogP contribution in [0.15, 0.2) is 11.4 Å².